The molecule has 0 bridgehead atoms. The van der Waals surface area contributed by atoms with Crippen LogP contribution in [0.2, 0.25) is 5.02 Å². The zero-order valence-corrected chi connectivity index (χ0v) is 20.6. The number of nitrogens with zero attached hydrogens (tertiary/aromatic N) is 2. The summed E-state index contributed by atoms with van der Waals surface area (Å²) in [5.41, 5.74) is 5.46. The number of halogens is 1. The van der Waals surface area contributed by atoms with Crippen LogP contribution in [0.15, 0.2) is 77.6 Å². The zero-order valence-electron chi connectivity index (χ0n) is 19.9. The molecule has 0 unspecified atom stereocenters. The second-order valence-corrected chi connectivity index (χ2v) is 9.73. The number of rotatable bonds is 5. The van der Waals surface area contributed by atoms with E-state index in [4.69, 9.17) is 21.1 Å². The molecule has 1 aliphatic heterocycles. The average molecular weight is 501 g/mol. The SMILES string of the molecule is COC(=O)c1cccc(C2(n3c(=O)n(-c4ccc(C5=CCOCC5)cc4)c4cc(Cl)ccc43)CC2)c1. The maximum Gasteiger partial charge on any atom is 0.337 e. The summed E-state index contributed by atoms with van der Waals surface area (Å²) in [6, 6.07) is 21.0. The van der Waals surface area contributed by atoms with Gasteiger partial charge in [0.2, 0.25) is 0 Å². The molecule has 1 aromatic heterocycles. The number of methoxy groups -OCH3 is 1. The van der Waals surface area contributed by atoms with Gasteiger partial charge in [-0.3, -0.25) is 9.13 Å². The summed E-state index contributed by atoms with van der Waals surface area (Å²) in [5.74, 6) is -0.395. The normalized spacial score (nSPS) is 16.6. The highest BCUT2D eigenvalue weighted by atomic mass is 35.5. The van der Waals surface area contributed by atoms with E-state index in [-0.39, 0.29) is 5.69 Å². The molecule has 36 heavy (non-hydrogen) atoms. The summed E-state index contributed by atoms with van der Waals surface area (Å²) in [6.45, 7) is 1.35. The van der Waals surface area contributed by atoms with E-state index in [0.717, 1.165) is 53.7 Å². The molecule has 2 aliphatic rings. The van der Waals surface area contributed by atoms with Crippen molar-refractivity contribution in [3.05, 3.63) is 105 Å². The molecule has 2 heterocycles. The Hall–Kier alpha value is -3.61. The number of carbonyl (C=O) groups excluding carboxylic acids is 1. The Morgan fingerprint density at radius 2 is 1.83 bits per heavy atom. The highest BCUT2D eigenvalue weighted by Gasteiger charge is 2.49. The highest BCUT2D eigenvalue weighted by molar-refractivity contribution is 6.31. The summed E-state index contributed by atoms with van der Waals surface area (Å²) >= 11 is 6.39. The van der Waals surface area contributed by atoms with Gasteiger partial charge in [0.15, 0.2) is 0 Å². The Kier molecular flexibility index (Phi) is 5.58. The molecule has 0 radical (unpaired) electrons. The van der Waals surface area contributed by atoms with Gasteiger partial charge < -0.3 is 9.47 Å². The highest BCUT2D eigenvalue weighted by Crippen LogP contribution is 2.50. The van der Waals surface area contributed by atoms with Crippen LogP contribution in [0.4, 0.5) is 0 Å². The summed E-state index contributed by atoms with van der Waals surface area (Å²) < 4.78 is 13.9. The average Bonchev–Trinajstić information content (AvgIpc) is 3.67. The van der Waals surface area contributed by atoms with E-state index < -0.39 is 11.5 Å². The molecule has 0 atom stereocenters. The van der Waals surface area contributed by atoms with Crippen LogP contribution in [0, 0.1) is 0 Å². The van der Waals surface area contributed by atoms with Gasteiger partial charge in [-0.2, -0.15) is 0 Å². The summed E-state index contributed by atoms with van der Waals surface area (Å²) in [6.07, 6.45) is 4.58. The second kappa shape index (κ2) is 8.80. The number of hydrogen-bond acceptors (Lipinski definition) is 4. The first-order valence-electron chi connectivity index (χ1n) is 12.0. The van der Waals surface area contributed by atoms with Crippen molar-refractivity contribution in [2.75, 3.05) is 20.3 Å². The molecule has 6 nitrogen and oxygen atoms in total. The van der Waals surface area contributed by atoms with Crippen LogP contribution in [0.5, 0.6) is 0 Å². The van der Waals surface area contributed by atoms with E-state index in [0.29, 0.717) is 17.2 Å². The fraction of sp³-hybridized carbons (Fsp3) is 0.241. The lowest BCUT2D eigenvalue weighted by Crippen LogP contribution is -2.32. The second-order valence-electron chi connectivity index (χ2n) is 9.29. The van der Waals surface area contributed by atoms with E-state index in [9.17, 15) is 9.59 Å². The quantitative estimate of drug-likeness (QED) is 0.336. The van der Waals surface area contributed by atoms with E-state index in [2.05, 4.69) is 18.2 Å². The Morgan fingerprint density at radius 3 is 2.53 bits per heavy atom. The predicted octanol–water partition coefficient (Wildman–Crippen LogP) is 5.57. The van der Waals surface area contributed by atoms with Gasteiger partial charge in [0.1, 0.15) is 0 Å². The largest absolute Gasteiger partial charge is 0.465 e. The third-order valence-corrected chi connectivity index (χ3v) is 7.47. The van der Waals surface area contributed by atoms with Crippen molar-refractivity contribution >= 4 is 34.2 Å². The van der Waals surface area contributed by atoms with Crippen molar-refractivity contribution in [3.8, 4) is 5.69 Å². The Morgan fingerprint density at radius 1 is 1.03 bits per heavy atom. The van der Waals surface area contributed by atoms with Gasteiger partial charge >= 0.3 is 11.7 Å². The Balaban J connectivity index is 1.50. The van der Waals surface area contributed by atoms with Crippen LogP contribution in [0.25, 0.3) is 22.3 Å². The van der Waals surface area contributed by atoms with Crippen LogP contribution in [-0.2, 0) is 15.0 Å². The van der Waals surface area contributed by atoms with Gasteiger partial charge in [0, 0.05) is 5.02 Å². The van der Waals surface area contributed by atoms with Gasteiger partial charge in [-0.05, 0) is 78.4 Å². The van der Waals surface area contributed by atoms with E-state index in [1.54, 1.807) is 10.6 Å². The standard InChI is InChI=1S/C29H25ClN2O4/c1-35-27(33)21-3-2-4-22(17-21)29(13-14-29)32-25-10-7-23(30)18-26(25)31(28(32)34)24-8-5-19(6-9-24)20-11-15-36-16-12-20/h2-11,17-18H,12-16H2,1H3. The molecule has 0 saturated heterocycles. The van der Waals surface area contributed by atoms with Crippen LogP contribution in [-0.4, -0.2) is 35.4 Å². The summed E-state index contributed by atoms with van der Waals surface area (Å²) in [5, 5.41) is 0.565. The lowest BCUT2D eigenvalue weighted by molar-refractivity contribution is 0.0600. The molecule has 182 valence electrons. The number of fused-ring (bicyclic) bond motifs is 1. The molecule has 1 aliphatic carbocycles. The fourth-order valence-corrected chi connectivity index (χ4v) is 5.43. The lowest BCUT2D eigenvalue weighted by Gasteiger charge is -2.19. The molecule has 0 spiro atoms. The van der Waals surface area contributed by atoms with Gasteiger partial charge in [0.05, 0.1) is 48.1 Å². The topological polar surface area (TPSA) is 62.5 Å². The maximum atomic E-state index is 14.1. The number of aromatic nitrogens is 2. The van der Waals surface area contributed by atoms with E-state index in [1.807, 2.05) is 53.1 Å². The minimum absolute atomic E-state index is 0.133. The maximum absolute atomic E-state index is 14.1. The fourth-order valence-electron chi connectivity index (χ4n) is 5.26. The van der Waals surface area contributed by atoms with Crippen molar-refractivity contribution in [2.45, 2.75) is 24.8 Å². The Bertz CT molecular complexity index is 1580. The van der Waals surface area contributed by atoms with Crippen LogP contribution in [0.3, 0.4) is 0 Å². The van der Waals surface area contributed by atoms with Crippen molar-refractivity contribution in [3.63, 3.8) is 0 Å². The number of benzene rings is 3. The van der Waals surface area contributed by atoms with Gasteiger partial charge in [-0.1, -0.05) is 41.9 Å². The third kappa shape index (κ3) is 3.69. The van der Waals surface area contributed by atoms with Crippen molar-refractivity contribution in [1.29, 1.82) is 0 Å². The van der Waals surface area contributed by atoms with Gasteiger partial charge in [-0.15, -0.1) is 0 Å². The summed E-state index contributed by atoms with van der Waals surface area (Å²) in [7, 11) is 1.37. The minimum Gasteiger partial charge on any atom is -0.465 e. The molecule has 0 N–H and O–H groups in total. The molecule has 3 aromatic carbocycles. The van der Waals surface area contributed by atoms with Crippen LogP contribution < -0.4 is 5.69 Å². The number of imidazole rings is 1. The van der Waals surface area contributed by atoms with Crippen molar-refractivity contribution in [1.82, 2.24) is 9.13 Å². The smallest absolute Gasteiger partial charge is 0.337 e. The number of ether oxygens (including phenoxy) is 2. The van der Waals surface area contributed by atoms with Gasteiger partial charge in [-0.25, -0.2) is 9.59 Å². The number of carbonyl (C=O) groups is 1. The molecule has 6 rings (SSSR count). The molecule has 0 amide bonds. The number of hydrogen-bond donors (Lipinski definition) is 0. The molecular formula is C29H25ClN2O4. The first-order valence-corrected chi connectivity index (χ1v) is 12.4. The minimum atomic E-state index is -0.523. The van der Waals surface area contributed by atoms with Crippen molar-refractivity contribution < 1.29 is 14.3 Å². The first kappa shape index (κ1) is 22.8. The van der Waals surface area contributed by atoms with E-state index in [1.165, 1.54) is 12.7 Å². The predicted molar refractivity (Wildman–Crippen MR) is 140 cm³/mol. The van der Waals surface area contributed by atoms with Crippen molar-refractivity contribution in [2.24, 2.45) is 0 Å². The van der Waals surface area contributed by atoms with Crippen LogP contribution >= 0.6 is 11.6 Å². The van der Waals surface area contributed by atoms with E-state index >= 15 is 0 Å². The summed E-state index contributed by atoms with van der Waals surface area (Å²) in [4.78, 5) is 26.3. The monoisotopic (exact) mass is 500 g/mol. The molecule has 1 saturated carbocycles. The van der Waals surface area contributed by atoms with Gasteiger partial charge in [0.25, 0.3) is 0 Å². The first-order chi connectivity index (χ1) is 17.5. The lowest BCUT2D eigenvalue weighted by atomic mass is 10.0. The molecule has 7 heteroatoms. The zero-order chi connectivity index (χ0) is 24.9. The molecular weight excluding hydrogens is 476 g/mol. The molecule has 1 fully saturated rings. The third-order valence-electron chi connectivity index (χ3n) is 7.23. The number of esters is 1. The molecule has 4 aromatic rings. The van der Waals surface area contributed by atoms with Crippen LogP contribution in [0.1, 0.15) is 40.7 Å². The Labute approximate surface area is 213 Å².